The Bertz CT molecular complexity index is 325. The van der Waals surface area contributed by atoms with Crippen molar-refractivity contribution in [1.29, 1.82) is 0 Å². The highest BCUT2D eigenvalue weighted by atomic mass is 15.1. The molecule has 0 radical (unpaired) electrons. The van der Waals surface area contributed by atoms with Crippen molar-refractivity contribution in [3.8, 4) is 0 Å². The number of nitrogens with zero attached hydrogens (tertiary/aromatic N) is 1. The van der Waals surface area contributed by atoms with E-state index in [2.05, 4.69) is 63.2 Å². The number of rotatable bonds is 6. The third kappa shape index (κ3) is 4.49. The highest BCUT2D eigenvalue weighted by Gasteiger charge is 2.03. The van der Waals surface area contributed by atoms with Gasteiger partial charge < -0.3 is 10.2 Å². The monoisotopic (exact) mass is 234 g/mol. The molecule has 0 aliphatic carbocycles. The van der Waals surface area contributed by atoms with Crippen LogP contribution in [0.4, 0.5) is 0 Å². The smallest absolute Gasteiger partial charge is 0.0211 e. The lowest BCUT2D eigenvalue weighted by Crippen LogP contribution is -2.33. The molecule has 0 aliphatic heterocycles. The minimum Gasteiger partial charge on any atom is -0.311 e. The fourth-order valence-corrected chi connectivity index (χ4v) is 1.85. The third-order valence-corrected chi connectivity index (χ3v) is 3.47. The zero-order valence-electron chi connectivity index (χ0n) is 11.9. The molecule has 0 unspecified atom stereocenters. The number of benzene rings is 1. The third-order valence-electron chi connectivity index (χ3n) is 3.47. The Kier molecular flexibility index (Phi) is 5.66. The highest BCUT2D eigenvalue weighted by molar-refractivity contribution is 5.33. The highest BCUT2D eigenvalue weighted by Crippen LogP contribution is 2.12. The number of nitrogens with one attached hydrogen (secondary N) is 1. The van der Waals surface area contributed by atoms with Crippen molar-refractivity contribution < 1.29 is 0 Å². The van der Waals surface area contributed by atoms with Gasteiger partial charge in [0, 0.05) is 25.7 Å². The molecule has 0 fully saturated rings. The fourth-order valence-electron chi connectivity index (χ4n) is 1.85. The molecule has 1 aromatic rings. The molecule has 0 aliphatic rings. The number of likely N-dealkylation sites (N-methyl/N-ethyl adjacent to an activating group) is 1. The van der Waals surface area contributed by atoms with Gasteiger partial charge in [-0.1, -0.05) is 18.2 Å². The lowest BCUT2D eigenvalue weighted by atomic mass is 10.0. The summed E-state index contributed by atoms with van der Waals surface area (Å²) >= 11 is 0. The van der Waals surface area contributed by atoms with E-state index < -0.39 is 0 Å². The standard InChI is InChI=1S/C15H26N2/c1-12(2)17(5)10-9-16-11-15-13(3)7-6-8-14(15)4/h6-8,12,16H,9-11H2,1-5H3. The van der Waals surface area contributed by atoms with Gasteiger partial charge in [-0.05, 0) is 51.4 Å². The fraction of sp³-hybridized carbons (Fsp3) is 0.600. The van der Waals surface area contributed by atoms with E-state index in [-0.39, 0.29) is 0 Å². The van der Waals surface area contributed by atoms with E-state index in [1.165, 1.54) is 16.7 Å². The molecular weight excluding hydrogens is 208 g/mol. The van der Waals surface area contributed by atoms with Gasteiger partial charge in [-0.25, -0.2) is 0 Å². The maximum absolute atomic E-state index is 3.53. The summed E-state index contributed by atoms with van der Waals surface area (Å²) in [6.45, 7) is 11.9. The summed E-state index contributed by atoms with van der Waals surface area (Å²) in [4.78, 5) is 2.36. The van der Waals surface area contributed by atoms with Crippen molar-refractivity contribution in [3.63, 3.8) is 0 Å². The van der Waals surface area contributed by atoms with E-state index in [9.17, 15) is 0 Å². The van der Waals surface area contributed by atoms with Crippen LogP contribution in [0.5, 0.6) is 0 Å². The van der Waals surface area contributed by atoms with Gasteiger partial charge in [0.25, 0.3) is 0 Å². The lowest BCUT2D eigenvalue weighted by molar-refractivity contribution is 0.273. The molecule has 0 bridgehead atoms. The van der Waals surface area contributed by atoms with Gasteiger partial charge in [-0.3, -0.25) is 0 Å². The number of hydrogen-bond acceptors (Lipinski definition) is 2. The Balaban J connectivity index is 2.36. The summed E-state index contributed by atoms with van der Waals surface area (Å²) in [6.07, 6.45) is 0. The molecule has 1 aromatic carbocycles. The first-order valence-corrected chi connectivity index (χ1v) is 6.48. The van der Waals surface area contributed by atoms with Crippen LogP contribution in [-0.4, -0.2) is 31.1 Å². The molecule has 0 aromatic heterocycles. The van der Waals surface area contributed by atoms with E-state index in [4.69, 9.17) is 0 Å². The molecule has 0 amide bonds. The second-order valence-corrected chi connectivity index (χ2v) is 5.12. The van der Waals surface area contributed by atoms with Crippen LogP contribution >= 0.6 is 0 Å². The molecule has 2 heteroatoms. The van der Waals surface area contributed by atoms with Crippen molar-refractivity contribution >= 4 is 0 Å². The van der Waals surface area contributed by atoms with Crippen LogP contribution in [0.1, 0.15) is 30.5 Å². The van der Waals surface area contributed by atoms with Crippen LogP contribution in [0.15, 0.2) is 18.2 Å². The molecular formula is C15H26N2. The van der Waals surface area contributed by atoms with Crippen LogP contribution in [0, 0.1) is 13.8 Å². The topological polar surface area (TPSA) is 15.3 Å². The summed E-state index contributed by atoms with van der Waals surface area (Å²) in [6, 6.07) is 7.12. The quantitative estimate of drug-likeness (QED) is 0.761. The van der Waals surface area contributed by atoms with Gasteiger partial charge in [0.15, 0.2) is 0 Å². The maximum Gasteiger partial charge on any atom is 0.0211 e. The van der Waals surface area contributed by atoms with E-state index >= 15 is 0 Å². The molecule has 0 saturated carbocycles. The van der Waals surface area contributed by atoms with Crippen molar-refractivity contribution in [2.75, 3.05) is 20.1 Å². The molecule has 1 N–H and O–H groups in total. The van der Waals surface area contributed by atoms with Gasteiger partial charge in [0.05, 0.1) is 0 Å². The van der Waals surface area contributed by atoms with E-state index in [1.807, 2.05) is 0 Å². The van der Waals surface area contributed by atoms with Crippen molar-refractivity contribution in [3.05, 3.63) is 34.9 Å². The average molecular weight is 234 g/mol. The molecule has 0 spiro atoms. The first kappa shape index (κ1) is 14.2. The second-order valence-electron chi connectivity index (χ2n) is 5.12. The minimum atomic E-state index is 0.622. The minimum absolute atomic E-state index is 0.622. The first-order valence-electron chi connectivity index (χ1n) is 6.48. The largest absolute Gasteiger partial charge is 0.311 e. The molecule has 0 saturated heterocycles. The Morgan fingerprint density at radius 3 is 2.29 bits per heavy atom. The molecule has 0 atom stereocenters. The summed E-state index contributed by atoms with van der Waals surface area (Å²) in [5, 5.41) is 3.53. The Labute approximate surface area is 106 Å². The van der Waals surface area contributed by atoms with Gasteiger partial charge in [-0.2, -0.15) is 0 Å². The van der Waals surface area contributed by atoms with E-state index in [0.717, 1.165) is 19.6 Å². The van der Waals surface area contributed by atoms with Crippen LogP contribution < -0.4 is 5.32 Å². The Hall–Kier alpha value is -0.860. The van der Waals surface area contributed by atoms with Crippen LogP contribution in [0.2, 0.25) is 0 Å². The Morgan fingerprint density at radius 2 is 1.76 bits per heavy atom. The zero-order valence-corrected chi connectivity index (χ0v) is 11.9. The van der Waals surface area contributed by atoms with Crippen LogP contribution in [0.3, 0.4) is 0 Å². The SMILES string of the molecule is Cc1cccc(C)c1CNCCN(C)C(C)C. The van der Waals surface area contributed by atoms with E-state index in [0.29, 0.717) is 6.04 Å². The van der Waals surface area contributed by atoms with Crippen molar-refractivity contribution in [1.82, 2.24) is 10.2 Å². The van der Waals surface area contributed by atoms with Gasteiger partial charge in [-0.15, -0.1) is 0 Å². The summed E-state index contributed by atoms with van der Waals surface area (Å²) in [5.74, 6) is 0. The van der Waals surface area contributed by atoms with E-state index in [1.54, 1.807) is 0 Å². The summed E-state index contributed by atoms with van der Waals surface area (Å²) in [7, 11) is 2.17. The normalized spacial score (nSPS) is 11.5. The summed E-state index contributed by atoms with van der Waals surface area (Å²) < 4.78 is 0. The summed E-state index contributed by atoms with van der Waals surface area (Å²) in [5.41, 5.74) is 4.21. The van der Waals surface area contributed by atoms with Gasteiger partial charge in [0.1, 0.15) is 0 Å². The van der Waals surface area contributed by atoms with Crippen molar-refractivity contribution in [2.24, 2.45) is 0 Å². The second kappa shape index (κ2) is 6.77. The van der Waals surface area contributed by atoms with Gasteiger partial charge >= 0.3 is 0 Å². The molecule has 1 rings (SSSR count). The van der Waals surface area contributed by atoms with Gasteiger partial charge in [0.2, 0.25) is 0 Å². The molecule has 0 heterocycles. The first-order chi connectivity index (χ1) is 8.02. The lowest BCUT2D eigenvalue weighted by Gasteiger charge is -2.21. The maximum atomic E-state index is 3.53. The van der Waals surface area contributed by atoms with Crippen LogP contribution in [0.25, 0.3) is 0 Å². The average Bonchev–Trinajstić information content (AvgIpc) is 2.27. The predicted octanol–water partition coefficient (Wildman–Crippen LogP) is 2.73. The molecule has 17 heavy (non-hydrogen) atoms. The molecule has 2 nitrogen and oxygen atoms in total. The predicted molar refractivity (Wildman–Crippen MR) is 75.4 cm³/mol. The number of aryl methyl sites for hydroxylation is 2. The van der Waals surface area contributed by atoms with Crippen molar-refractivity contribution in [2.45, 2.75) is 40.3 Å². The molecule has 96 valence electrons. The Morgan fingerprint density at radius 1 is 1.18 bits per heavy atom. The number of hydrogen-bond donors (Lipinski definition) is 1. The zero-order chi connectivity index (χ0) is 12.8. The van der Waals surface area contributed by atoms with Crippen LogP contribution in [-0.2, 0) is 6.54 Å².